The molecule has 0 atom stereocenters. The van der Waals surface area contributed by atoms with Crippen molar-refractivity contribution in [3.63, 3.8) is 0 Å². The van der Waals surface area contributed by atoms with Crippen LogP contribution in [0.25, 0.3) is 10.7 Å². The molecule has 1 N–H and O–H groups in total. The number of rotatable bonds is 7. The number of carbonyl (C=O) groups excluding carboxylic acids is 1. The van der Waals surface area contributed by atoms with Gasteiger partial charge in [0.15, 0.2) is 0 Å². The zero-order chi connectivity index (χ0) is 23.8. The summed E-state index contributed by atoms with van der Waals surface area (Å²) in [5, 5.41) is 0.628. The molecule has 10 heteroatoms. The molecule has 4 rings (SSSR count). The second kappa shape index (κ2) is 9.18. The lowest BCUT2D eigenvalue weighted by Gasteiger charge is -2.13. The van der Waals surface area contributed by atoms with Gasteiger partial charge in [0.1, 0.15) is 20.5 Å². The average Bonchev–Trinajstić information content (AvgIpc) is 3.50. The first kappa shape index (κ1) is 23.3. The van der Waals surface area contributed by atoms with Crippen molar-refractivity contribution in [2.75, 3.05) is 24.4 Å². The third-order valence-corrected chi connectivity index (χ3v) is 8.46. The van der Waals surface area contributed by atoms with Crippen LogP contribution in [-0.4, -0.2) is 48.5 Å². The first-order chi connectivity index (χ1) is 15.7. The van der Waals surface area contributed by atoms with E-state index >= 15 is 0 Å². The molecular weight excluding hydrogens is 460 g/mol. The van der Waals surface area contributed by atoms with Gasteiger partial charge in [0, 0.05) is 31.5 Å². The molecule has 1 fully saturated rings. The molecule has 8 nitrogen and oxygen atoms in total. The molecule has 1 aromatic carbocycles. The van der Waals surface area contributed by atoms with Crippen molar-refractivity contribution in [2.45, 2.75) is 38.5 Å². The molecule has 0 spiro atoms. The van der Waals surface area contributed by atoms with Gasteiger partial charge in [-0.25, -0.2) is 13.4 Å². The molecule has 0 radical (unpaired) electrons. The van der Waals surface area contributed by atoms with Gasteiger partial charge in [-0.05, 0) is 63.9 Å². The van der Waals surface area contributed by atoms with E-state index < -0.39 is 10.0 Å². The summed E-state index contributed by atoms with van der Waals surface area (Å²) in [6.45, 7) is 7.56. The van der Waals surface area contributed by atoms with Crippen LogP contribution in [0, 0.1) is 13.8 Å². The van der Waals surface area contributed by atoms with Crippen molar-refractivity contribution in [1.82, 2.24) is 14.5 Å². The third kappa shape index (κ3) is 4.63. The molecule has 0 saturated carbocycles. The standard InChI is InChI=1S/C23H28N4O4S2/c1-5-31-18-10-8-17(9-11-18)25-33(29,30)20-14-19(26(4)16(20)3)22-24-15(2)21(32-22)23(28)27-12-6-7-13-27/h8-11,14,25H,5-7,12-13H2,1-4H3. The van der Waals surface area contributed by atoms with Gasteiger partial charge in [-0.15, -0.1) is 11.3 Å². The highest BCUT2D eigenvalue weighted by atomic mass is 32.2. The first-order valence-electron chi connectivity index (χ1n) is 10.9. The Bertz CT molecular complexity index is 1270. The molecular formula is C23H28N4O4S2. The van der Waals surface area contributed by atoms with E-state index in [0.29, 0.717) is 45.0 Å². The minimum absolute atomic E-state index is 0.00434. The van der Waals surface area contributed by atoms with Crippen molar-refractivity contribution < 1.29 is 17.9 Å². The summed E-state index contributed by atoms with van der Waals surface area (Å²) >= 11 is 1.31. The fraction of sp³-hybridized carbons (Fsp3) is 0.391. The topological polar surface area (TPSA) is 93.5 Å². The van der Waals surface area contributed by atoms with E-state index in [0.717, 1.165) is 25.9 Å². The predicted molar refractivity (Wildman–Crippen MR) is 130 cm³/mol. The first-order valence-corrected chi connectivity index (χ1v) is 13.2. The van der Waals surface area contributed by atoms with E-state index in [1.807, 2.05) is 18.7 Å². The molecule has 3 heterocycles. The molecule has 1 saturated heterocycles. The van der Waals surface area contributed by atoms with E-state index in [2.05, 4.69) is 9.71 Å². The van der Waals surface area contributed by atoms with E-state index in [4.69, 9.17) is 4.74 Å². The van der Waals surface area contributed by atoms with Gasteiger partial charge in [-0.2, -0.15) is 0 Å². The van der Waals surface area contributed by atoms with E-state index in [1.165, 1.54) is 11.3 Å². The van der Waals surface area contributed by atoms with Gasteiger partial charge in [0.25, 0.3) is 15.9 Å². The maximum Gasteiger partial charge on any atom is 0.265 e. The zero-order valence-electron chi connectivity index (χ0n) is 19.2. The second-order valence-corrected chi connectivity index (χ2v) is 10.7. The number of nitrogens with zero attached hydrogens (tertiary/aromatic N) is 3. The Balaban J connectivity index is 1.62. The number of benzene rings is 1. The van der Waals surface area contributed by atoms with E-state index in [1.54, 1.807) is 48.9 Å². The van der Waals surface area contributed by atoms with Gasteiger partial charge in [-0.3, -0.25) is 9.52 Å². The SMILES string of the molecule is CCOc1ccc(NS(=O)(=O)c2cc(-c3nc(C)c(C(=O)N4CCCC4)s3)n(C)c2C)cc1. The monoisotopic (exact) mass is 488 g/mol. The minimum Gasteiger partial charge on any atom is -0.494 e. The fourth-order valence-corrected chi connectivity index (χ4v) is 6.35. The van der Waals surface area contributed by atoms with Gasteiger partial charge in [-0.1, -0.05) is 0 Å². The normalized spacial score (nSPS) is 14.0. The largest absolute Gasteiger partial charge is 0.494 e. The van der Waals surface area contributed by atoms with Crippen molar-refractivity contribution >= 4 is 33.0 Å². The highest BCUT2D eigenvalue weighted by Gasteiger charge is 2.27. The van der Waals surface area contributed by atoms with Crippen LogP contribution in [0.1, 0.15) is 40.8 Å². The highest BCUT2D eigenvalue weighted by molar-refractivity contribution is 7.92. The van der Waals surface area contributed by atoms with Crippen LogP contribution in [0.4, 0.5) is 5.69 Å². The van der Waals surface area contributed by atoms with E-state index in [-0.39, 0.29) is 10.8 Å². The van der Waals surface area contributed by atoms with Crippen LogP contribution in [0.5, 0.6) is 5.75 Å². The Kier molecular flexibility index (Phi) is 6.49. The molecule has 0 aliphatic carbocycles. The van der Waals surface area contributed by atoms with Gasteiger partial charge in [0.05, 0.1) is 18.0 Å². The Morgan fingerprint density at radius 1 is 1.18 bits per heavy atom. The number of nitrogens with one attached hydrogen (secondary N) is 1. The number of amides is 1. The van der Waals surface area contributed by atoms with Gasteiger partial charge >= 0.3 is 0 Å². The van der Waals surface area contributed by atoms with Crippen LogP contribution < -0.4 is 9.46 Å². The lowest BCUT2D eigenvalue weighted by molar-refractivity contribution is 0.0796. The van der Waals surface area contributed by atoms with Crippen LogP contribution in [0.15, 0.2) is 35.2 Å². The van der Waals surface area contributed by atoms with Gasteiger partial charge < -0.3 is 14.2 Å². The van der Waals surface area contributed by atoms with Crippen molar-refractivity contribution in [3.8, 4) is 16.5 Å². The van der Waals surface area contributed by atoms with Crippen LogP contribution in [0.3, 0.4) is 0 Å². The number of anilines is 1. The summed E-state index contributed by atoms with van der Waals surface area (Å²) in [6, 6.07) is 8.41. The number of carbonyl (C=O) groups is 1. The van der Waals surface area contributed by atoms with Crippen LogP contribution >= 0.6 is 11.3 Å². The number of sulfonamides is 1. The zero-order valence-corrected chi connectivity index (χ0v) is 20.8. The lowest BCUT2D eigenvalue weighted by atomic mass is 10.3. The molecule has 1 aliphatic rings. The van der Waals surface area contributed by atoms with Crippen LogP contribution in [-0.2, 0) is 17.1 Å². The van der Waals surface area contributed by atoms with Crippen molar-refractivity contribution in [3.05, 3.63) is 46.6 Å². The number of aromatic nitrogens is 2. The van der Waals surface area contributed by atoms with Crippen LogP contribution in [0.2, 0.25) is 0 Å². The Morgan fingerprint density at radius 3 is 2.48 bits per heavy atom. The number of aryl methyl sites for hydroxylation is 1. The smallest absolute Gasteiger partial charge is 0.265 e. The number of likely N-dealkylation sites (tertiary alicyclic amines) is 1. The molecule has 33 heavy (non-hydrogen) atoms. The maximum absolute atomic E-state index is 13.2. The molecule has 1 amide bonds. The Hall–Kier alpha value is -2.85. The lowest BCUT2D eigenvalue weighted by Crippen LogP contribution is -2.27. The third-order valence-electron chi connectivity index (χ3n) is 5.80. The Labute approximate surface area is 198 Å². The highest BCUT2D eigenvalue weighted by Crippen LogP contribution is 2.34. The van der Waals surface area contributed by atoms with E-state index in [9.17, 15) is 13.2 Å². The van der Waals surface area contributed by atoms with Crippen molar-refractivity contribution in [1.29, 1.82) is 0 Å². The van der Waals surface area contributed by atoms with Crippen molar-refractivity contribution in [2.24, 2.45) is 7.05 Å². The fourth-order valence-electron chi connectivity index (χ4n) is 3.91. The van der Waals surface area contributed by atoms with Gasteiger partial charge in [0.2, 0.25) is 0 Å². The molecule has 0 unspecified atom stereocenters. The summed E-state index contributed by atoms with van der Waals surface area (Å²) in [7, 11) is -2.02. The summed E-state index contributed by atoms with van der Waals surface area (Å²) in [4.78, 5) is 20.1. The number of thiazole rings is 1. The quantitative estimate of drug-likeness (QED) is 0.538. The Morgan fingerprint density at radius 2 is 1.85 bits per heavy atom. The summed E-state index contributed by atoms with van der Waals surface area (Å²) in [6.07, 6.45) is 2.05. The maximum atomic E-state index is 13.2. The molecule has 2 aromatic heterocycles. The number of hydrogen-bond acceptors (Lipinski definition) is 6. The summed E-state index contributed by atoms with van der Waals surface area (Å²) in [5.74, 6) is 0.682. The molecule has 1 aliphatic heterocycles. The predicted octanol–water partition coefficient (Wildman–Crippen LogP) is 4.20. The minimum atomic E-state index is -3.82. The summed E-state index contributed by atoms with van der Waals surface area (Å²) in [5.41, 5.74) is 2.37. The second-order valence-electron chi connectivity index (χ2n) is 8.03. The number of hydrogen-bond donors (Lipinski definition) is 1. The average molecular weight is 489 g/mol. The summed E-state index contributed by atoms with van der Waals surface area (Å²) < 4.78 is 36.1. The molecule has 3 aromatic rings. The number of ether oxygens (including phenoxy) is 1. The molecule has 176 valence electrons. The molecule has 0 bridgehead atoms.